The molecule has 1 aromatic heterocycles. The van der Waals surface area contributed by atoms with E-state index in [0.29, 0.717) is 29.3 Å². The van der Waals surface area contributed by atoms with Gasteiger partial charge in [0.25, 0.3) is 0 Å². The summed E-state index contributed by atoms with van der Waals surface area (Å²) in [7, 11) is 0. The molecule has 1 aliphatic rings. The minimum Gasteiger partial charge on any atom is -0.476 e. The fourth-order valence-corrected chi connectivity index (χ4v) is 2.61. The molecular weight excluding hydrogens is 272 g/mol. The van der Waals surface area contributed by atoms with E-state index in [2.05, 4.69) is 36.3 Å². The molecule has 1 N–H and O–H groups in total. The molecule has 110 valence electrons. The first-order chi connectivity index (χ1) is 9.70. The van der Waals surface area contributed by atoms with Crippen LogP contribution in [0, 0.1) is 11.8 Å². The van der Waals surface area contributed by atoms with E-state index in [1.54, 1.807) is 0 Å². The minimum atomic E-state index is 0.550. The summed E-state index contributed by atoms with van der Waals surface area (Å²) < 4.78 is 5.81. The second-order valence-corrected chi connectivity index (χ2v) is 5.81. The van der Waals surface area contributed by atoms with Gasteiger partial charge in [0, 0.05) is 12.7 Å². The largest absolute Gasteiger partial charge is 0.476 e. The highest BCUT2D eigenvalue weighted by atomic mass is 35.5. The van der Waals surface area contributed by atoms with Crippen molar-refractivity contribution in [3.8, 4) is 5.88 Å². The van der Waals surface area contributed by atoms with Crippen LogP contribution in [0.25, 0.3) is 0 Å². The molecule has 0 amide bonds. The fourth-order valence-electron chi connectivity index (χ4n) is 2.36. The van der Waals surface area contributed by atoms with Crippen molar-refractivity contribution in [2.45, 2.75) is 33.2 Å². The lowest BCUT2D eigenvalue weighted by atomic mass is 9.85. The number of ether oxygens (including phenoxy) is 1. The van der Waals surface area contributed by atoms with Crippen molar-refractivity contribution in [2.75, 3.05) is 13.2 Å². The predicted molar refractivity (Wildman–Crippen MR) is 83.2 cm³/mol. The van der Waals surface area contributed by atoms with Gasteiger partial charge in [-0.15, -0.1) is 0 Å². The van der Waals surface area contributed by atoms with Gasteiger partial charge >= 0.3 is 0 Å². The van der Waals surface area contributed by atoms with Gasteiger partial charge in [-0.25, -0.2) is 4.98 Å². The Morgan fingerprint density at radius 2 is 2.20 bits per heavy atom. The van der Waals surface area contributed by atoms with Gasteiger partial charge in [-0.3, -0.25) is 0 Å². The molecule has 4 heteroatoms. The average molecular weight is 295 g/mol. The van der Waals surface area contributed by atoms with E-state index in [1.165, 1.54) is 0 Å². The van der Waals surface area contributed by atoms with E-state index in [1.807, 2.05) is 12.3 Å². The molecule has 1 aliphatic carbocycles. The Hall–Kier alpha value is -1.06. The number of hydrogen-bond acceptors (Lipinski definition) is 3. The zero-order valence-corrected chi connectivity index (χ0v) is 13.0. The average Bonchev–Trinajstić information content (AvgIpc) is 2.45. The quantitative estimate of drug-likeness (QED) is 0.810. The van der Waals surface area contributed by atoms with Crippen LogP contribution in [0.2, 0.25) is 5.02 Å². The summed E-state index contributed by atoms with van der Waals surface area (Å²) in [6.45, 7) is 6.75. The summed E-state index contributed by atoms with van der Waals surface area (Å²) in [6.07, 6.45) is 8.53. The summed E-state index contributed by atoms with van der Waals surface area (Å²) in [5.41, 5.74) is 1.08. The monoisotopic (exact) mass is 294 g/mol. The predicted octanol–water partition coefficient (Wildman–Crippen LogP) is 3.83. The van der Waals surface area contributed by atoms with E-state index >= 15 is 0 Å². The number of rotatable bonds is 6. The number of allylic oxidation sites excluding steroid dienone is 2. The SMILES string of the molecule is CCNCc1cnc(OCC2CC=CCC2C)c(Cl)c1. The Morgan fingerprint density at radius 1 is 1.40 bits per heavy atom. The number of pyridine rings is 1. The molecule has 20 heavy (non-hydrogen) atoms. The van der Waals surface area contributed by atoms with Crippen LogP contribution in [-0.2, 0) is 6.54 Å². The number of nitrogens with one attached hydrogen (secondary N) is 1. The van der Waals surface area contributed by atoms with Gasteiger partial charge in [0.05, 0.1) is 6.61 Å². The lowest BCUT2D eigenvalue weighted by Gasteiger charge is -2.25. The number of nitrogens with zero attached hydrogens (tertiary/aromatic N) is 1. The van der Waals surface area contributed by atoms with Crippen molar-refractivity contribution in [1.29, 1.82) is 0 Å². The molecule has 0 saturated carbocycles. The summed E-state index contributed by atoms with van der Waals surface area (Å²) in [6, 6.07) is 1.93. The second-order valence-electron chi connectivity index (χ2n) is 5.40. The lowest BCUT2D eigenvalue weighted by molar-refractivity contribution is 0.193. The number of hydrogen-bond donors (Lipinski definition) is 1. The van der Waals surface area contributed by atoms with E-state index < -0.39 is 0 Å². The smallest absolute Gasteiger partial charge is 0.232 e. The van der Waals surface area contributed by atoms with Gasteiger partial charge in [-0.1, -0.05) is 37.6 Å². The van der Waals surface area contributed by atoms with Gasteiger partial charge in [-0.05, 0) is 42.9 Å². The van der Waals surface area contributed by atoms with Crippen molar-refractivity contribution >= 4 is 11.6 Å². The molecule has 0 spiro atoms. The summed E-state index contributed by atoms with van der Waals surface area (Å²) in [4.78, 5) is 4.33. The van der Waals surface area contributed by atoms with Crippen LogP contribution >= 0.6 is 11.6 Å². The molecule has 1 heterocycles. The fraction of sp³-hybridized carbons (Fsp3) is 0.562. The molecule has 0 bridgehead atoms. The van der Waals surface area contributed by atoms with Crippen molar-refractivity contribution in [3.05, 3.63) is 35.0 Å². The first kappa shape index (κ1) is 15.3. The Bertz CT molecular complexity index is 462. The Kier molecular flexibility index (Phi) is 5.86. The van der Waals surface area contributed by atoms with Crippen LogP contribution in [0.3, 0.4) is 0 Å². The van der Waals surface area contributed by atoms with Crippen LogP contribution in [0.1, 0.15) is 32.3 Å². The zero-order valence-electron chi connectivity index (χ0n) is 12.2. The summed E-state index contributed by atoms with van der Waals surface area (Å²) in [5, 5.41) is 3.85. The highest BCUT2D eigenvalue weighted by Gasteiger charge is 2.19. The minimum absolute atomic E-state index is 0.550. The second kappa shape index (κ2) is 7.65. The topological polar surface area (TPSA) is 34.2 Å². The molecule has 0 aromatic carbocycles. The van der Waals surface area contributed by atoms with Gasteiger partial charge in [0.1, 0.15) is 5.02 Å². The number of halogens is 1. The third-order valence-electron chi connectivity index (χ3n) is 3.80. The van der Waals surface area contributed by atoms with Crippen LogP contribution in [0.15, 0.2) is 24.4 Å². The Labute approximate surface area is 126 Å². The van der Waals surface area contributed by atoms with E-state index in [4.69, 9.17) is 16.3 Å². The summed E-state index contributed by atoms with van der Waals surface area (Å²) in [5.74, 6) is 1.76. The van der Waals surface area contributed by atoms with Crippen LogP contribution in [-0.4, -0.2) is 18.1 Å². The molecule has 1 aromatic rings. The highest BCUT2D eigenvalue weighted by Crippen LogP contribution is 2.28. The molecule has 0 aliphatic heterocycles. The maximum Gasteiger partial charge on any atom is 0.232 e. The summed E-state index contributed by atoms with van der Waals surface area (Å²) >= 11 is 6.23. The van der Waals surface area contributed by atoms with Gasteiger partial charge in [0.2, 0.25) is 5.88 Å². The zero-order chi connectivity index (χ0) is 14.4. The van der Waals surface area contributed by atoms with Crippen molar-refractivity contribution in [3.63, 3.8) is 0 Å². The van der Waals surface area contributed by atoms with Crippen LogP contribution in [0.5, 0.6) is 5.88 Å². The standard InChI is InChI=1S/C16H23ClN2O/c1-3-18-9-13-8-15(17)16(19-10-13)20-11-14-7-5-4-6-12(14)2/h4-5,8,10,12,14,18H,3,6-7,9,11H2,1-2H3. The first-order valence-corrected chi connectivity index (χ1v) is 7.71. The third kappa shape index (κ3) is 4.22. The molecule has 2 unspecified atom stereocenters. The molecule has 0 fully saturated rings. The maximum atomic E-state index is 6.23. The van der Waals surface area contributed by atoms with Crippen molar-refractivity contribution < 1.29 is 4.74 Å². The van der Waals surface area contributed by atoms with E-state index in [-0.39, 0.29) is 0 Å². The third-order valence-corrected chi connectivity index (χ3v) is 4.07. The molecule has 2 rings (SSSR count). The van der Waals surface area contributed by atoms with Crippen molar-refractivity contribution in [1.82, 2.24) is 10.3 Å². The lowest BCUT2D eigenvalue weighted by Crippen LogP contribution is -2.21. The first-order valence-electron chi connectivity index (χ1n) is 7.33. The molecule has 0 saturated heterocycles. The van der Waals surface area contributed by atoms with Gasteiger partial charge < -0.3 is 10.1 Å². The normalized spacial score (nSPS) is 21.9. The molecular formula is C16H23ClN2O. The van der Waals surface area contributed by atoms with Crippen LogP contribution < -0.4 is 10.1 Å². The Balaban J connectivity index is 1.91. The number of aromatic nitrogens is 1. The molecule has 2 atom stereocenters. The van der Waals surface area contributed by atoms with Crippen molar-refractivity contribution in [2.24, 2.45) is 11.8 Å². The maximum absolute atomic E-state index is 6.23. The molecule has 3 nitrogen and oxygen atoms in total. The highest BCUT2D eigenvalue weighted by molar-refractivity contribution is 6.31. The van der Waals surface area contributed by atoms with Gasteiger partial charge in [0.15, 0.2) is 0 Å². The van der Waals surface area contributed by atoms with E-state index in [0.717, 1.165) is 31.5 Å². The van der Waals surface area contributed by atoms with Crippen LogP contribution in [0.4, 0.5) is 0 Å². The Morgan fingerprint density at radius 3 is 2.90 bits per heavy atom. The van der Waals surface area contributed by atoms with E-state index in [9.17, 15) is 0 Å². The molecule has 0 radical (unpaired) electrons. The van der Waals surface area contributed by atoms with Gasteiger partial charge in [-0.2, -0.15) is 0 Å².